The summed E-state index contributed by atoms with van der Waals surface area (Å²) in [5, 5.41) is 8.76. The van der Waals surface area contributed by atoms with E-state index in [4.69, 9.17) is 5.11 Å². The fourth-order valence-corrected chi connectivity index (χ4v) is 3.25. The highest BCUT2D eigenvalue weighted by Crippen LogP contribution is 2.34. The van der Waals surface area contributed by atoms with Crippen LogP contribution >= 0.6 is 0 Å². The standard InChI is InChI=1S/C11H17N3O4S/c1-7-12-10(6-14(7)2)19(17,18)13-9(5-11(15)16)8-3-4-8/h6,8-9,13H,3-5H2,1-2H3,(H,15,16). The molecule has 2 rings (SSSR count). The maximum Gasteiger partial charge on any atom is 0.304 e. The van der Waals surface area contributed by atoms with Gasteiger partial charge < -0.3 is 9.67 Å². The van der Waals surface area contributed by atoms with Crippen molar-refractivity contribution >= 4 is 16.0 Å². The van der Waals surface area contributed by atoms with Crippen LogP contribution in [0.2, 0.25) is 0 Å². The second kappa shape index (κ2) is 4.93. The van der Waals surface area contributed by atoms with Crippen LogP contribution in [0.3, 0.4) is 0 Å². The molecule has 1 atom stereocenters. The minimum absolute atomic E-state index is 0.0662. The van der Waals surface area contributed by atoms with Crippen molar-refractivity contribution in [3.8, 4) is 0 Å². The molecular weight excluding hydrogens is 270 g/mol. The third-order valence-electron chi connectivity index (χ3n) is 3.25. The van der Waals surface area contributed by atoms with Gasteiger partial charge in [-0.25, -0.2) is 18.1 Å². The fraction of sp³-hybridized carbons (Fsp3) is 0.636. The number of aryl methyl sites for hydroxylation is 2. The zero-order valence-corrected chi connectivity index (χ0v) is 11.6. The minimum Gasteiger partial charge on any atom is -0.481 e. The molecule has 0 aliphatic heterocycles. The van der Waals surface area contributed by atoms with E-state index in [2.05, 4.69) is 9.71 Å². The molecule has 1 aromatic heterocycles. The number of carboxylic acids is 1. The summed E-state index contributed by atoms with van der Waals surface area (Å²) >= 11 is 0. The van der Waals surface area contributed by atoms with Gasteiger partial charge in [0.1, 0.15) is 5.82 Å². The third kappa shape index (κ3) is 3.32. The Labute approximate surface area is 111 Å². The number of hydrogen-bond acceptors (Lipinski definition) is 4. The van der Waals surface area contributed by atoms with Crippen molar-refractivity contribution in [3.63, 3.8) is 0 Å². The molecule has 19 heavy (non-hydrogen) atoms. The molecule has 1 aromatic rings. The van der Waals surface area contributed by atoms with Crippen molar-refractivity contribution in [1.82, 2.24) is 14.3 Å². The van der Waals surface area contributed by atoms with Gasteiger partial charge in [0.25, 0.3) is 10.0 Å². The number of aliphatic carboxylic acids is 1. The lowest BCUT2D eigenvalue weighted by Gasteiger charge is -2.15. The number of imidazole rings is 1. The first kappa shape index (κ1) is 14.0. The lowest BCUT2D eigenvalue weighted by molar-refractivity contribution is -0.137. The molecule has 1 saturated carbocycles. The first-order chi connectivity index (χ1) is 8.79. The van der Waals surface area contributed by atoms with E-state index in [9.17, 15) is 13.2 Å². The summed E-state index contributed by atoms with van der Waals surface area (Å²) in [5.41, 5.74) is 0. The first-order valence-corrected chi connectivity index (χ1v) is 7.52. The summed E-state index contributed by atoms with van der Waals surface area (Å²) < 4.78 is 28.4. The van der Waals surface area contributed by atoms with Gasteiger partial charge in [0, 0.05) is 19.3 Å². The monoisotopic (exact) mass is 287 g/mol. The summed E-state index contributed by atoms with van der Waals surface area (Å²) in [6.07, 6.45) is 2.95. The number of aromatic nitrogens is 2. The SMILES string of the molecule is Cc1nc(S(=O)(=O)NC(CC(=O)O)C2CC2)cn1C. The molecular formula is C11H17N3O4S. The highest BCUT2D eigenvalue weighted by Gasteiger charge is 2.36. The van der Waals surface area contributed by atoms with Crippen molar-refractivity contribution in [2.75, 3.05) is 0 Å². The smallest absolute Gasteiger partial charge is 0.304 e. The van der Waals surface area contributed by atoms with E-state index >= 15 is 0 Å². The second-order valence-electron chi connectivity index (χ2n) is 4.90. The Morgan fingerprint density at radius 2 is 2.26 bits per heavy atom. The predicted molar refractivity (Wildman–Crippen MR) is 67.0 cm³/mol. The molecule has 0 amide bonds. The van der Waals surface area contributed by atoms with Gasteiger partial charge in [0.15, 0.2) is 5.03 Å². The van der Waals surface area contributed by atoms with E-state index in [0.29, 0.717) is 5.82 Å². The predicted octanol–water partition coefficient (Wildman–Crippen LogP) is 0.260. The molecule has 0 aromatic carbocycles. The van der Waals surface area contributed by atoms with Crippen LogP contribution in [0.25, 0.3) is 0 Å². The van der Waals surface area contributed by atoms with Gasteiger partial charge in [-0.3, -0.25) is 4.79 Å². The molecule has 0 bridgehead atoms. The maximum absolute atomic E-state index is 12.1. The molecule has 1 heterocycles. The van der Waals surface area contributed by atoms with Crippen LogP contribution in [0.1, 0.15) is 25.1 Å². The van der Waals surface area contributed by atoms with Gasteiger partial charge in [0.2, 0.25) is 0 Å². The molecule has 0 spiro atoms. The Bertz CT molecular complexity index is 570. The highest BCUT2D eigenvalue weighted by atomic mass is 32.2. The summed E-state index contributed by atoms with van der Waals surface area (Å²) in [4.78, 5) is 14.7. The largest absolute Gasteiger partial charge is 0.481 e. The lowest BCUT2D eigenvalue weighted by Crippen LogP contribution is -2.38. The Hall–Kier alpha value is -1.41. The Kier molecular flexibility index (Phi) is 3.64. The lowest BCUT2D eigenvalue weighted by atomic mass is 10.1. The van der Waals surface area contributed by atoms with Gasteiger partial charge in [-0.05, 0) is 25.7 Å². The van der Waals surface area contributed by atoms with E-state index in [1.807, 2.05) is 0 Å². The molecule has 1 unspecified atom stereocenters. The quantitative estimate of drug-likeness (QED) is 0.781. The van der Waals surface area contributed by atoms with Crippen LogP contribution in [0.4, 0.5) is 0 Å². The molecule has 2 N–H and O–H groups in total. The normalized spacial score (nSPS) is 17.4. The van der Waals surface area contributed by atoms with E-state index in [1.165, 1.54) is 6.20 Å². The third-order valence-corrected chi connectivity index (χ3v) is 4.61. The van der Waals surface area contributed by atoms with Crippen LogP contribution < -0.4 is 4.72 Å². The number of carboxylic acid groups (broad SMARTS) is 1. The Morgan fingerprint density at radius 1 is 1.63 bits per heavy atom. The average molecular weight is 287 g/mol. The summed E-state index contributed by atoms with van der Waals surface area (Å²) in [7, 11) is -2.05. The zero-order chi connectivity index (χ0) is 14.2. The van der Waals surface area contributed by atoms with Crippen molar-refractivity contribution in [2.45, 2.75) is 37.3 Å². The molecule has 1 fully saturated rings. The number of nitrogens with one attached hydrogen (secondary N) is 1. The van der Waals surface area contributed by atoms with Crippen molar-refractivity contribution < 1.29 is 18.3 Å². The summed E-state index contributed by atoms with van der Waals surface area (Å²) in [6.45, 7) is 1.70. The number of carbonyl (C=O) groups is 1. The van der Waals surface area contributed by atoms with Crippen LogP contribution in [0, 0.1) is 12.8 Å². The van der Waals surface area contributed by atoms with Crippen molar-refractivity contribution in [2.24, 2.45) is 13.0 Å². The molecule has 1 aliphatic rings. The van der Waals surface area contributed by atoms with Crippen LogP contribution in [0.5, 0.6) is 0 Å². The van der Waals surface area contributed by atoms with E-state index in [-0.39, 0.29) is 17.4 Å². The molecule has 0 radical (unpaired) electrons. The topological polar surface area (TPSA) is 101 Å². The molecule has 8 heteroatoms. The van der Waals surface area contributed by atoms with Crippen LogP contribution in [-0.2, 0) is 21.9 Å². The van der Waals surface area contributed by atoms with Gasteiger partial charge in [0.05, 0.1) is 6.42 Å². The minimum atomic E-state index is -3.76. The number of sulfonamides is 1. The van der Waals surface area contributed by atoms with Crippen LogP contribution in [-0.4, -0.2) is 35.1 Å². The van der Waals surface area contributed by atoms with Crippen molar-refractivity contribution in [1.29, 1.82) is 0 Å². The second-order valence-corrected chi connectivity index (χ2v) is 6.56. The van der Waals surface area contributed by atoms with Gasteiger partial charge in [-0.15, -0.1) is 0 Å². The first-order valence-electron chi connectivity index (χ1n) is 6.03. The average Bonchev–Trinajstić information content (AvgIpc) is 3.05. The Balaban J connectivity index is 2.17. The molecule has 7 nitrogen and oxygen atoms in total. The maximum atomic E-state index is 12.1. The Morgan fingerprint density at radius 3 is 2.68 bits per heavy atom. The summed E-state index contributed by atoms with van der Waals surface area (Å²) in [5.74, 6) is -0.297. The van der Waals surface area contributed by atoms with E-state index < -0.39 is 22.0 Å². The number of hydrogen-bond donors (Lipinski definition) is 2. The number of nitrogens with zero attached hydrogens (tertiary/aromatic N) is 2. The van der Waals surface area contributed by atoms with Gasteiger partial charge in [-0.1, -0.05) is 0 Å². The summed E-state index contributed by atoms with van der Waals surface area (Å²) in [6, 6.07) is -0.551. The number of rotatable bonds is 6. The van der Waals surface area contributed by atoms with Gasteiger partial charge in [-0.2, -0.15) is 0 Å². The highest BCUT2D eigenvalue weighted by molar-refractivity contribution is 7.89. The van der Waals surface area contributed by atoms with Crippen LogP contribution in [0.15, 0.2) is 11.2 Å². The van der Waals surface area contributed by atoms with Crippen molar-refractivity contribution in [3.05, 3.63) is 12.0 Å². The van der Waals surface area contributed by atoms with E-state index in [1.54, 1.807) is 18.5 Å². The molecule has 0 saturated heterocycles. The van der Waals surface area contributed by atoms with Gasteiger partial charge >= 0.3 is 5.97 Å². The molecule has 106 valence electrons. The zero-order valence-electron chi connectivity index (χ0n) is 10.8. The molecule has 1 aliphatic carbocycles. The fourth-order valence-electron chi connectivity index (χ4n) is 1.91. The van der Waals surface area contributed by atoms with E-state index in [0.717, 1.165) is 12.8 Å².